The zero-order valence-corrected chi connectivity index (χ0v) is 17.5. The molecule has 158 valence electrons. The quantitative estimate of drug-likeness (QED) is 0.382. The Labute approximate surface area is 180 Å². The number of hydrogen-bond acceptors (Lipinski definition) is 5. The zero-order valence-electron chi connectivity index (χ0n) is 16.7. The molecule has 0 saturated carbocycles. The van der Waals surface area contributed by atoms with Crippen LogP contribution in [0.15, 0.2) is 63.2 Å². The Morgan fingerprint density at radius 2 is 1.84 bits per heavy atom. The van der Waals surface area contributed by atoms with Crippen molar-refractivity contribution >= 4 is 34.9 Å². The molecule has 2 heterocycles. The average molecular weight is 441 g/mol. The van der Waals surface area contributed by atoms with Gasteiger partial charge in [-0.05, 0) is 17.7 Å². The van der Waals surface area contributed by atoms with E-state index in [9.17, 15) is 14.0 Å². The van der Waals surface area contributed by atoms with Crippen LogP contribution in [0.5, 0.6) is 0 Å². The van der Waals surface area contributed by atoms with Gasteiger partial charge in [0.2, 0.25) is 5.95 Å². The van der Waals surface area contributed by atoms with Crippen molar-refractivity contribution in [3.05, 3.63) is 91.3 Å². The first-order chi connectivity index (χ1) is 14.9. The molecule has 0 fully saturated rings. The molecule has 31 heavy (non-hydrogen) atoms. The van der Waals surface area contributed by atoms with Crippen molar-refractivity contribution in [1.29, 1.82) is 0 Å². The number of halogens is 2. The lowest BCUT2D eigenvalue weighted by atomic mass is 10.2. The molecule has 0 radical (unpaired) electrons. The molecule has 4 aromatic rings. The fourth-order valence-electron chi connectivity index (χ4n) is 3.24. The van der Waals surface area contributed by atoms with E-state index in [2.05, 4.69) is 15.5 Å². The van der Waals surface area contributed by atoms with Crippen LogP contribution in [0, 0.1) is 5.82 Å². The second-order valence-electron chi connectivity index (χ2n) is 6.89. The van der Waals surface area contributed by atoms with Crippen LogP contribution in [-0.4, -0.2) is 24.9 Å². The van der Waals surface area contributed by atoms with Gasteiger partial charge < -0.3 is 0 Å². The second kappa shape index (κ2) is 8.19. The number of nitrogens with zero attached hydrogens (tertiary/aromatic N) is 5. The van der Waals surface area contributed by atoms with E-state index < -0.39 is 17.1 Å². The van der Waals surface area contributed by atoms with Crippen molar-refractivity contribution in [2.75, 3.05) is 5.43 Å². The second-order valence-corrected chi connectivity index (χ2v) is 7.30. The molecule has 0 atom stereocenters. The highest BCUT2D eigenvalue weighted by atomic mass is 35.5. The van der Waals surface area contributed by atoms with Crippen LogP contribution >= 0.6 is 11.6 Å². The van der Waals surface area contributed by atoms with Crippen LogP contribution in [0.2, 0.25) is 5.02 Å². The maximum Gasteiger partial charge on any atom is 0.332 e. The van der Waals surface area contributed by atoms with Crippen molar-refractivity contribution in [1.82, 2.24) is 18.7 Å². The highest BCUT2D eigenvalue weighted by molar-refractivity contribution is 6.33. The van der Waals surface area contributed by atoms with Gasteiger partial charge in [-0.1, -0.05) is 48.0 Å². The summed E-state index contributed by atoms with van der Waals surface area (Å²) in [6.07, 6.45) is 1.24. The summed E-state index contributed by atoms with van der Waals surface area (Å²) in [6, 6.07) is 13.8. The van der Waals surface area contributed by atoms with E-state index in [0.29, 0.717) is 6.54 Å². The summed E-state index contributed by atoms with van der Waals surface area (Å²) in [5.74, 6) is -0.298. The molecule has 0 amide bonds. The van der Waals surface area contributed by atoms with E-state index in [1.807, 2.05) is 30.3 Å². The van der Waals surface area contributed by atoms with Crippen LogP contribution in [0.1, 0.15) is 11.1 Å². The minimum atomic E-state index is -0.521. The topological polar surface area (TPSA) is 86.2 Å². The van der Waals surface area contributed by atoms with Gasteiger partial charge in [0, 0.05) is 19.7 Å². The van der Waals surface area contributed by atoms with Crippen LogP contribution in [0.3, 0.4) is 0 Å². The first-order valence-corrected chi connectivity index (χ1v) is 9.69. The SMILES string of the molecule is Cn1c(=O)c2c(nc(N/N=C\c3c(F)cccc3Cl)n2Cc2ccccc2)n(C)c1=O. The van der Waals surface area contributed by atoms with E-state index in [1.54, 1.807) is 10.6 Å². The summed E-state index contributed by atoms with van der Waals surface area (Å²) in [5, 5.41) is 4.26. The van der Waals surface area contributed by atoms with Crippen LogP contribution in [-0.2, 0) is 20.6 Å². The molecule has 0 saturated heterocycles. The standard InChI is InChI=1S/C21H18ClFN6O2/c1-27-18-17(19(30)28(2)21(27)31)29(12-13-7-4-3-5-8-13)20(25-18)26-24-11-14-15(22)9-6-10-16(14)23/h3-11H,12H2,1-2H3,(H,25,26)/b24-11-. The lowest BCUT2D eigenvalue weighted by Gasteiger charge is -2.09. The number of hydrazone groups is 1. The maximum absolute atomic E-state index is 14.0. The number of aryl methyl sites for hydroxylation is 1. The third-order valence-electron chi connectivity index (χ3n) is 4.89. The predicted octanol–water partition coefficient (Wildman–Crippen LogP) is 2.72. The Hall–Kier alpha value is -3.72. The summed E-state index contributed by atoms with van der Waals surface area (Å²) in [5.41, 5.74) is 3.28. The molecule has 0 spiro atoms. The van der Waals surface area contributed by atoms with Gasteiger partial charge in [-0.2, -0.15) is 10.1 Å². The smallest absolute Gasteiger partial charge is 0.298 e. The van der Waals surface area contributed by atoms with E-state index >= 15 is 0 Å². The lowest BCUT2D eigenvalue weighted by Crippen LogP contribution is -2.37. The van der Waals surface area contributed by atoms with Gasteiger partial charge in [-0.3, -0.25) is 18.5 Å². The monoisotopic (exact) mass is 440 g/mol. The van der Waals surface area contributed by atoms with Gasteiger partial charge in [0.25, 0.3) is 5.56 Å². The average Bonchev–Trinajstić information content (AvgIpc) is 3.12. The van der Waals surface area contributed by atoms with E-state index in [0.717, 1.165) is 10.1 Å². The summed E-state index contributed by atoms with van der Waals surface area (Å²) in [4.78, 5) is 29.6. The fraction of sp³-hybridized carbons (Fsp3) is 0.143. The van der Waals surface area contributed by atoms with E-state index in [1.165, 1.54) is 37.0 Å². The number of nitrogens with one attached hydrogen (secondary N) is 1. The molecular formula is C21H18ClFN6O2. The van der Waals surface area contributed by atoms with Gasteiger partial charge in [0.1, 0.15) is 5.82 Å². The largest absolute Gasteiger partial charge is 0.332 e. The van der Waals surface area contributed by atoms with Gasteiger partial charge >= 0.3 is 5.69 Å². The van der Waals surface area contributed by atoms with E-state index in [-0.39, 0.29) is 27.7 Å². The third kappa shape index (κ3) is 3.75. The predicted molar refractivity (Wildman–Crippen MR) is 118 cm³/mol. The number of aromatic nitrogens is 4. The summed E-state index contributed by atoms with van der Waals surface area (Å²) >= 11 is 6.03. The number of imidazole rings is 1. The molecule has 0 bridgehead atoms. The summed E-state index contributed by atoms with van der Waals surface area (Å²) < 4.78 is 17.9. The number of hydrogen-bond donors (Lipinski definition) is 1. The lowest BCUT2D eigenvalue weighted by molar-refractivity contribution is 0.626. The number of anilines is 1. The third-order valence-corrected chi connectivity index (χ3v) is 5.22. The Morgan fingerprint density at radius 1 is 1.10 bits per heavy atom. The highest BCUT2D eigenvalue weighted by Crippen LogP contribution is 2.19. The number of rotatable bonds is 5. The van der Waals surface area contributed by atoms with Crippen molar-refractivity contribution < 1.29 is 4.39 Å². The van der Waals surface area contributed by atoms with Crippen LogP contribution in [0.4, 0.5) is 10.3 Å². The molecular weight excluding hydrogens is 423 g/mol. The van der Waals surface area contributed by atoms with Gasteiger partial charge in [0.05, 0.1) is 17.8 Å². The Kier molecular flexibility index (Phi) is 5.43. The summed E-state index contributed by atoms with van der Waals surface area (Å²) in [6.45, 7) is 0.309. The molecule has 1 N–H and O–H groups in total. The minimum absolute atomic E-state index is 0.116. The van der Waals surface area contributed by atoms with Crippen LogP contribution < -0.4 is 16.7 Å². The fourth-order valence-corrected chi connectivity index (χ4v) is 3.45. The van der Waals surface area contributed by atoms with Crippen LogP contribution in [0.25, 0.3) is 11.2 Å². The number of fused-ring (bicyclic) bond motifs is 1. The molecule has 0 aliphatic heterocycles. The Balaban J connectivity index is 1.84. The van der Waals surface area contributed by atoms with Crippen molar-refractivity contribution in [2.45, 2.75) is 6.54 Å². The van der Waals surface area contributed by atoms with Gasteiger partial charge in [0.15, 0.2) is 11.2 Å². The first-order valence-electron chi connectivity index (χ1n) is 9.31. The molecule has 8 nitrogen and oxygen atoms in total. The molecule has 2 aromatic heterocycles. The highest BCUT2D eigenvalue weighted by Gasteiger charge is 2.19. The van der Waals surface area contributed by atoms with E-state index in [4.69, 9.17) is 11.6 Å². The zero-order chi connectivity index (χ0) is 22.1. The first kappa shape index (κ1) is 20.5. The minimum Gasteiger partial charge on any atom is -0.298 e. The summed E-state index contributed by atoms with van der Waals surface area (Å²) in [7, 11) is 2.95. The van der Waals surface area contributed by atoms with Crippen molar-refractivity contribution in [3.63, 3.8) is 0 Å². The molecule has 10 heteroatoms. The molecule has 0 aliphatic carbocycles. The normalized spacial score (nSPS) is 11.5. The molecule has 0 aliphatic rings. The Bertz CT molecular complexity index is 1400. The Morgan fingerprint density at radius 3 is 2.55 bits per heavy atom. The molecule has 4 rings (SSSR count). The number of benzene rings is 2. The molecule has 2 aromatic carbocycles. The van der Waals surface area contributed by atoms with Gasteiger partial charge in [-0.25, -0.2) is 14.6 Å². The van der Waals surface area contributed by atoms with Crippen molar-refractivity contribution in [2.24, 2.45) is 19.2 Å². The van der Waals surface area contributed by atoms with Crippen molar-refractivity contribution in [3.8, 4) is 0 Å². The van der Waals surface area contributed by atoms with Gasteiger partial charge in [-0.15, -0.1) is 0 Å². The maximum atomic E-state index is 14.0. The molecule has 0 unspecified atom stereocenters.